The minimum Gasteiger partial charge on any atom is -0.382 e. The van der Waals surface area contributed by atoms with Crippen LogP contribution < -0.4 is 10.6 Å². The molecule has 0 aromatic heterocycles. The number of nitro groups is 1. The Hall–Kier alpha value is -1.43. The molecule has 6 heteroatoms. The van der Waals surface area contributed by atoms with Gasteiger partial charge in [-0.25, -0.2) is 0 Å². The molecule has 0 aliphatic rings. The van der Waals surface area contributed by atoms with Crippen molar-refractivity contribution < 1.29 is 4.92 Å². The molecule has 1 aromatic rings. The SMILES string of the molecule is CCC(CSC)Nc1cccc(NC)c1[N+](=O)[O-]. The number of nitro benzene ring substituents is 1. The summed E-state index contributed by atoms with van der Waals surface area (Å²) in [5.74, 6) is 0.928. The van der Waals surface area contributed by atoms with E-state index < -0.39 is 0 Å². The zero-order valence-electron chi connectivity index (χ0n) is 10.9. The van der Waals surface area contributed by atoms with Crippen LogP contribution in [0, 0.1) is 10.1 Å². The smallest absolute Gasteiger partial charge is 0.315 e. The Morgan fingerprint density at radius 3 is 2.61 bits per heavy atom. The van der Waals surface area contributed by atoms with Gasteiger partial charge in [0.2, 0.25) is 0 Å². The van der Waals surface area contributed by atoms with Gasteiger partial charge in [-0.1, -0.05) is 13.0 Å². The van der Waals surface area contributed by atoms with E-state index in [0.717, 1.165) is 12.2 Å². The van der Waals surface area contributed by atoms with Crippen molar-refractivity contribution in [2.24, 2.45) is 0 Å². The van der Waals surface area contributed by atoms with Crippen LogP contribution in [-0.2, 0) is 0 Å². The summed E-state index contributed by atoms with van der Waals surface area (Å²) in [6.45, 7) is 2.07. The van der Waals surface area contributed by atoms with Crippen molar-refractivity contribution >= 4 is 28.8 Å². The van der Waals surface area contributed by atoms with Gasteiger partial charge in [0.1, 0.15) is 11.4 Å². The van der Waals surface area contributed by atoms with Gasteiger partial charge in [-0.15, -0.1) is 0 Å². The van der Waals surface area contributed by atoms with Crippen molar-refractivity contribution in [1.29, 1.82) is 0 Å². The summed E-state index contributed by atoms with van der Waals surface area (Å²) in [6, 6.07) is 5.51. The second kappa shape index (κ2) is 7.10. The van der Waals surface area contributed by atoms with Crippen LogP contribution >= 0.6 is 11.8 Å². The number of hydrogen-bond donors (Lipinski definition) is 2. The molecule has 0 aliphatic carbocycles. The number of thioether (sulfide) groups is 1. The molecule has 1 aromatic carbocycles. The second-order valence-electron chi connectivity index (χ2n) is 3.91. The molecule has 0 bridgehead atoms. The third-order valence-electron chi connectivity index (χ3n) is 2.71. The van der Waals surface area contributed by atoms with Crippen LogP contribution in [-0.4, -0.2) is 30.0 Å². The molecule has 0 saturated heterocycles. The normalized spacial score (nSPS) is 11.9. The Balaban J connectivity index is 3.03. The molecular weight excluding hydrogens is 250 g/mol. The molecule has 100 valence electrons. The molecule has 0 amide bonds. The fraction of sp³-hybridized carbons (Fsp3) is 0.500. The predicted octanol–water partition coefficient (Wildman–Crippen LogP) is 3.19. The molecule has 2 N–H and O–H groups in total. The van der Waals surface area contributed by atoms with Gasteiger partial charge in [-0.05, 0) is 24.8 Å². The number of para-hydroxylation sites is 1. The van der Waals surface area contributed by atoms with Crippen LogP contribution in [0.2, 0.25) is 0 Å². The van der Waals surface area contributed by atoms with Crippen LogP contribution in [0.25, 0.3) is 0 Å². The maximum atomic E-state index is 11.1. The summed E-state index contributed by atoms with van der Waals surface area (Å²) in [5.41, 5.74) is 1.22. The fourth-order valence-corrected chi connectivity index (χ4v) is 2.46. The lowest BCUT2D eigenvalue weighted by Crippen LogP contribution is -2.21. The monoisotopic (exact) mass is 269 g/mol. The average molecular weight is 269 g/mol. The van der Waals surface area contributed by atoms with E-state index in [-0.39, 0.29) is 16.7 Å². The Bertz CT molecular complexity index is 412. The first-order chi connectivity index (χ1) is 8.63. The summed E-state index contributed by atoms with van der Waals surface area (Å²) in [4.78, 5) is 10.8. The van der Waals surface area contributed by atoms with Crippen LogP contribution in [0.1, 0.15) is 13.3 Å². The van der Waals surface area contributed by atoms with E-state index in [9.17, 15) is 10.1 Å². The zero-order valence-corrected chi connectivity index (χ0v) is 11.7. The molecule has 0 aliphatic heterocycles. The van der Waals surface area contributed by atoms with Crippen molar-refractivity contribution in [3.8, 4) is 0 Å². The van der Waals surface area contributed by atoms with Crippen LogP contribution in [0.4, 0.5) is 17.1 Å². The standard InChI is InChI=1S/C12H19N3O2S/c1-4-9(8-18-3)14-11-7-5-6-10(13-2)12(11)15(16)17/h5-7,9,13-14H,4,8H2,1-3H3. The molecule has 18 heavy (non-hydrogen) atoms. The van der Waals surface area contributed by atoms with E-state index in [1.165, 1.54) is 0 Å². The van der Waals surface area contributed by atoms with E-state index in [4.69, 9.17) is 0 Å². The molecular formula is C12H19N3O2S. The highest BCUT2D eigenvalue weighted by Gasteiger charge is 2.20. The maximum absolute atomic E-state index is 11.1. The first kappa shape index (κ1) is 14.6. The Labute approximate surface area is 111 Å². The summed E-state index contributed by atoms with van der Waals surface area (Å²) in [5, 5.41) is 17.3. The zero-order chi connectivity index (χ0) is 13.5. The van der Waals surface area contributed by atoms with Gasteiger partial charge in [-0.2, -0.15) is 11.8 Å². The molecule has 1 atom stereocenters. The Kier molecular flexibility index (Phi) is 5.77. The third kappa shape index (κ3) is 3.53. The van der Waals surface area contributed by atoms with Gasteiger partial charge < -0.3 is 10.6 Å². The quantitative estimate of drug-likeness (QED) is 0.588. The lowest BCUT2D eigenvalue weighted by Gasteiger charge is -2.17. The van der Waals surface area contributed by atoms with E-state index in [2.05, 4.69) is 17.6 Å². The number of hydrogen-bond acceptors (Lipinski definition) is 5. The lowest BCUT2D eigenvalue weighted by molar-refractivity contribution is -0.383. The number of nitrogens with one attached hydrogen (secondary N) is 2. The van der Waals surface area contributed by atoms with Crippen molar-refractivity contribution in [3.05, 3.63) is 28.3 Å². The van der Waals surface area contributed by atoms with Crippen molar-refractivity contribution in [2.75, 3.05) is 29.7 Å². The van der Waals surface area contributed by atoms with Gasteiger partial charge in [0, 0.05) is 18.8 Å². The number of benzene rings is 1. The minimum absolute atomic E-state index is 0.111. The van der Waals surface area contributed by atoms with Crippen molar-refractivity contribution in [2.45, 2.75) is 19.4 Å². The highest BCUT2D eigenvalue weighted by molar-refractivity contribution is 7.98. The summed E-state index contributed by atoms with van der Waals surface area (Å²) in [7, 11) is 1.69. The first-order valence-corrected chi connectivity index (χ1v) is 7.24. The molecule has 0 radical (unpaired) electrons. The van der Waals surface area contributed by atoms with Crippen molar-refractivity contribution in [1.82, 2.24) is 0 Å². The molecule has 5 nitrogen and oxygen atoms in total. The van der Waals surface area contributed by atoms with E-state index >= 15 is 0 Å². The van der Waals surface area contributed by atoms with E-state index in [1.807, 2.05) is 12.3 Å². The third-order valence-corrected chi connectivity index (χ3v) is 3.44. The predicted molar refractivity (Wildman–Crippen MR) is 78.7 cm³/mol. The molecule has 0 spiro atoms. The topological polar surface area (TPSA) is 67.2 Å². The summed E-state index contributed by atoms with van der Waals surface area (Å²) in [6.07, 6.45) is 2.96. The van der Waals surface area contributed by atoms with Crippen LogP contribution in [0.15, 0.2) is 18.2 Å². The van der Waals surface area contributed by atoms with Gasteiger partial charge in [-0.3, -0.25) is 10.1 Å². The Morgan fingerprint density at radius 2 is 2.11 bits per heavy atom. The Morgan fingerprint density at radius 1 is 1.44 bits per heavy atom. The minimum atomic E-state index is -0.347. The molecule has 1 rings (SSSR count). The molecule has 1 unspecified atom stereocenters. The lowest BCUT2D eigenvalue weighted by atomic mass is 10.2. The van der Waals surface area contributed by atoms with Gasteiger partial charge >= 0.3 is 5.69 Å². The van der Waals surface area contributed by atoms with Gasteiger partial charge in [0.05, 0.1) is 4.92 Å². The average Bonchev–Trinajstić information content (AvgIpc) is 2.37. The number of anilines is 2. The summed E-state index contributed by atoms with van der Waals surface area (Å²) >= 11 is 1.73. The van der Waals surface area contributed by atoms with Crippen LogP contribution in [0.3, 0.4) is 0 Å². The highest BCUT2D eigenvalue weighted by Crippen LogP contribution is 2.33. The number of nitrogens with zero attached hydrogens (tertiary/aromatic N) is 1. The van der Waals surface area contributed by atoms with E-state index in [1.54, 1.807) is 30.9 Å². The van der Waals surface area contributed by atoms with Crippen LogP contribution in [0.5, 0.6) is 0 Å². The summed E-state index contributed by atoms with van der Waals surface area (Å²) < 4.78 is 0. The van der Waals surface area contributed by atoms with Gasteiger partial charge in [0.25, 0.3) is 0 Å². The second-order valence-corrected chi connectivity index (χ2v) is 4.82. The number of rotatable bonds is 7. The van der Waals surface area contributed by atoms with Crippen molar-refractivity contribution in [3.63, 3.8) is 0 Å². The van der Waals surface area contributed by atoms with Gasteiger partial charge in [0.15, 0.2) is 0 Å². The molecule has 0 fully saturated rings. The molecule has 0 saturated carbocycles. The first-order valence-electron chi connectivity index (χ1n) is 5.84. The largest absolute Gasteiger partial charge is 0.382 e. The maximum Gasteiger partial charge on any atom is 0.315 e. The molecule has 0 heterocycles. The fourth-order valence-electron chi connectivity index (χ4n) is 1.74. The van der Waals surface area contributed by atoms with E-state index in [0.29, 0.717) is 11.4 Å². The highest BCUT2D eigenvalue weighted by atomic mass is 32.2.